The Bertz CT molecular complexity index is 197. The van der Waals surface area contributed by atoms with Gasteiger partial charge in [-0.15, -0.1) is 0 Å². The molecule has 0 aromatic rings. The Hall–Kier alpha value is -0.490. The maximum absolute atomic E-state index is 5.77. The Labute approximate surface area is 66.9 Å². The predicted molar refractivity (Wildman–Crippen MR) is 46.1 cm³/mol. The summed E-state index contributed by atoms with van der Waals surface area (Å²) < 4.78 is 0. The maximum atomic E-state index is 5.77. The van der Waals surface area contributed by atoms with Crippen molar-refractivity contribution in [3.8, 4) is 0 Å². The predicted octanol–water partition coefficient (Wildman–Crippen LogP) is 3.41. The van der Waals surface area contributed by atoms with Gasteiger partial charge in [0.25, 0.3) is 0 Å². The molecule has 1 aliphatic rings. The zero-order chi connectivity index (χ0) is 7.40. The fourth-order valence-electron chi connectivity index (χ4n) is 0.906. The van der Waals surface area contributed by atoms with Gasteiger partial charge in [-0.3, -0.25) is 0 Å². The van der Waals surface area contributed by atoms with Gasteiger partial charge in [0.2, 0.25) is 0 Å². The third-order valence-electron chi connectivity index (χ3n) is 1.59. The molecule has 0 saturated heterocycles. The fraction of sp³-hybridized carbons (Fsp3) is 0.333. The molecule has 0 unspecified atom stereocenters. The lowest BCUT2D eigenvalue weighted by atomic mass is 10.1. The van der Waals surface area contributed by atoms with Gasteiger partial charge in [0.1, 0.15) is 0 Å². The van der Waals surface area contributed by atoms with Gasteiger partial charge in [-0.2, -0.15) is 0 Å². The highest BCUT2D eigenvalue weighted by Gasteiger charge is 1.93. The van der Waals surface area contributed by atoms with E-state index >= 15 is 0 Å². The van der Waals surface area contributed by atoms with Gasteiger partial charge in [-0.25, -0.2) is 0 Å². The van der Waals surface area contributed by atoms with Crippen LogP contribution in [0, 0.1) is 0 Å². The van der Waals surface area contributed by atoms with E-state index in [1.54, 1.807) is 0 Å². The van der Waals surface area contributed by atoms with E-state index in [0.29, 0.717) is 0 Å². The summed E-state index contributed by atoms with van der Waals surface area (Å²) in [5.74, 6) is 0. The Kier molecular flexibility index (Phi) is 2.76. The Morgan fingerprint density at radius 1 is 1.50 bits per heavy atom. The summed E-state index contributed by atoms with van der Waals surface area (Å²) >= 11 is 5.77. The SMILES string of the molecule is CCC1=CC=C(Cl)C=CC1. The van der Waals surface area contributed by atoms with E-state index in [-0.39, 0.29) is 0 Å². The van der Waals surface area contributed by atoms with Crippen LogP contribution in [0.5, 0.6) is 0 Å². The molecule has 0 spiro atoms. The van der Waals surface area contributed by atoms with Crippen LogP contribution in [0.3, 0.4) is 0 Å². The van der Waals surface area contributed by atoms with E-state index in [4.69, 9.17) is 11.6 Å². The molecule has 0 radical (unpaired) electrons. The van der Waals surface area contributed by atoms with E-state index in [0.717, 1.165) is 17.9 Å². The van der Waals surface area contributed by atoms with Crippen molar-refractivity contribution in [1.82, 2.24) is 0 Å². The lowest BCUT2D eigenvalue weighted by molar-refractivity contribution is 1.03. The quantitative estimate of drug-likeness (QED) is 0.543. The summed E-state index contributed by atoms with van der Waals surface area (Å²) in [4.78, 5) is 0. The first-order valence-corrected chi connectivity index (χ1v) is 3.92. The second-order valence-corrected chi connectivity index (χ2v) is 2.77. The second kappa shape index (κ2) is 3.62. The largest absolute Gasteiger partial charge is 0.0844 e. The van der Waals surface area contributed by atoms with Crippen LogP contribution in [0.1, 0.15) is 19.8 Å². The number of hydrogen-bond acceptors (Lipinski definition) is 0. The molecule has 0 nitrogen and oxygen atoms in total. The molecule has 1 rings (SSSR count). The van der Waals surface area contributed by atoms with Crippen molar-refractivity contribution >= 4 is 11.6 Å². The van der Waals surface area contributed by atoms with E-state index < -0.39 is 0 Å². The first-order valence-electron chi connectivity index (χ1n) is 3.54. The van der Waals surface area contributed by atoms with Crippen molar-refractivity contribution in [3.63, 3.8) is 0 Å². The molecule has 0 heterocycles. The van der Waals surface area contributed by atoms with Gasteiger partial charge < -0.3 is 0 Å². The summed E-state index contributed by atoms with van der Waals surface area (Å²) in [5, 5.41) is 0.823. The molecule has 1 aliphatic carbocycles. The van der Waals surface area contributed by atoms with Crippen molar-refractivity contribution in [2.75, 3.05) is 0 Å². The number of halogens is 1. The van der Waals surface area contributed by atoms with Crippen molar-refractivity contribution in [2.24, 2.45) is 0 Å². The molecule has 54 valence electrons. The van der Waals surface area contributed by atoms with Crippen molar-refractivity contribution < 1.29 is 0 Å². The van der Waals surface area contributed by atoms with Crippen LogP contribution in [0.2, 0.25) is 0 Å². The van der Waals surface area contributed by atoms with Gasteiger partial charge in [0.15, 0.2) is 0 Å². The van der Waals surface area contributed by atoms with Crippen LogP contribution < -0.4 is 0 Å². The fourth-order valence-corrected chi connectivity index (χ4v) is 1.06. The molecule has 0 fully saturated rings. The summed E-state index contributed by atoms with van der Waals surface area (Å²) in [7, 11) is 0. The molecule has 0 aromatic carbocycles. The lowest BCUT2D eigenvalue weighted by Gasteiger charge is -1.94. The molecule has 0 bridgehead atoms. The van der Waals surface area contributed by atoms with Gasteiger partial charge in [-0.05, 0) is 25.0 Å². The third-order valence-corrected chi connectivity index (χ3v) is 1.84. The van der Waals surface area contributed by atoms with Crippen LogP contribution >= 0.6 is 11.6 Å². The number of rotatable bonds is 1. The van der Waals surface area contributed by atoms with Crippen LogP contribution in [-0.4, -0.2) is 0 Å². The van der Waals surface area contributed by atoms with Crippen LogP contribution in [0.15, 0.2) is 34.9 Å². The molecular weight excluding hydrogens is 144 g/mol. The molecule has 0 amide bonds. The zero-order valence-corrected chi connectivity index (χ0v) is 6.86. The summed E-state index contributed by atoms with van der Waals surface area (Å²) in [6, 6.07) is 0. The highest BCUT2D eigenvalue weighted by Crippen LogP contribution is 2.15. The molecule has 0 N–H and O–H groups in total. The smallest absolute Gasteiger partial charge is 0.0402 e. The lowest BCUT2D eigenvalue weighted by Crippen LogP contribution is -1.74. The van der Waals surface area contributed by atoms with Crippen molar-refractivity contribution in [3.05, 3.63) is 34.9 Å². The average molecular weight is 155 g/mol. The minimum atomic E-state index is 0.823. The highest BCUT2D eigenvalue weighted by molar-refractivity contribution is 6.31. The third kappa shape index (κ3) is 2.03. The van der Waals surface area contributed by atoms with Crippen molar-refractivity contribution in [1.29, 1.82) is 0 Å². The van der Waals surface area contributed by atoms with E-state index in [2.05, 4.69) is 19.1 Å². The highest BCUT2D eigenvalue weighted by atomic mass is 35.5. The van der Waals surface area contributed by atoms with Gasteiger partial charge in [0.05, 0.1) is 0 Å². The van der Waals surface area contributed by atoms with E-state index in [1.807, 2.05) is 12.2 Å². The molecule has 0 saturated carbocycles. The van der Waals surface area contributed by atoms with Gasteiger partial charge >= 0.3 is 0 Å². The monoisotopic (exact) mass is 154 g/mol. The zero-order valence-electron chi connectivity index (χ0n) is 6.10. The molecular formula is C9H11Cl. The Balaban J connectivity index is 2.74. The summed E-state index contributed by atoms with van der Waals surface area (Å²) in [5.41, 5.74) is 1.44. The second-order valence-electron chi connectivity index (χ2n) is 2.34. The normalized spacial score (nSPS) is 17.8. The van der Waals surface area contributed by atoms with E-state index in [9.17, 15) is 0 Å². The van der Waals surface area contributed by atoms with Gasteiger partial charge in [0, 0.05) is 5.03 Å². The summed E-state index contributed by atoms with van der Waals surface area (Å²) in [6.07, 6.45) is 10.3. The Morgan fingerprint density at radius 3 is 3.00 bits per heavy atom. The first-order chi connectivity index (χ1) is 4.83. The molecule has 0 atom stereocenters. The number of hydrogen-bond donors (Lipinski definition) is 0. The molecule has 10 heavy (non-hydrogen) atoms. The maximum Gasteiger partial charge on any atom is 0.0402 e. The Morgan fingerprint density at radius 2 is 2.30 bits per heavy atom. The summed E-state index contributed by atoms with van der Waals surface area (Å²) in [6.45, 7) is 2.16. The standard InChI is InChI=1S/C9H11Cl/c1-2-8-4-3-5-9(10)7-6-8/h3,5-7H,2,4H2,1H3. The molecule has 1 heteroatoms. The first kappa shape index (κ1) is 7.62. The topological polar surface area (TPSA) is 0 Å². The average Bonchev–Trinajstić information content (AvgIpc) is 2.14. The van der Waals surface area contributed by atoms with Crippen LogP contribution in [0.4, 0.5) is 0 Å². The van der Waals surface area contributed by atoms with E-state index in [1.165, 1.54) is 5.57 Å². The molecule has 0 aromatic heterocycles. The number of allylic oxidation sites excluding steroid dienone is 6. The molecule has 0 aliphatic heterocycles. The minimum absolute atomic E-state index is 0.823. The minimum Gasteiger partial charge on any atom is -0.0844 e. The van der Waals surface area contributed by atoms with Gasteiger partial charge in [-0.1, -0.05) is 36.2 Å². The van der Waals surface area contributed by atoms with Crippen LogP contribution in [0.25, 0.3) is 0 Å². The van der Waals surface area contributed by atoms with Crippen LogP contribution in [-0.2, 0) is 0 Å². The van der Waals surface area contributed by atoms with Crippen molar-refractivity contribution in [2.45, 2.75) is 19.8 Å².